The smallest absolute Gasteiger partial charge is 0.248 e. The lowest BCUT2D eigenvalue weighted by Crippen LogP contribution is -2.11. The van der Waals surface area contributed by atoms with Crippen LogP contribution in [0.15, 0.2) is 24.3 Å². The number of carbonyl (C=O) groups excluding carboxylic acids is 1. The fraction of sp³-hybridized carbons (Fsp3) is 0.100. The van der Waals surface area contributed by atoms with Crippen molar-refractivity contribution in [2.75, 3.05) is 11.1 Å². The summed E-state index contributed by atoms with van der Waals surface area (Å²) in [5, 5.41) is 2.32. The van der Waals surface area contributed by atoms with E-state index < -0.39 is 23.2 Å². The molecule has 0 unspecified atom stereocenters. The maximum absolute atomic E-state index is 13.0. The van der Waals surface area contributed by atoms with Gasteiger partial charge in [0.25, 0.3) is 0 Å². The number of nitrogens with two attached hydrogens (primary N) is 1. The maximum Gasteiger partial charge on any atom is 0.248 e. The van der Waals surface area contributed by atoms with Crippen molar-refractivity contribution < 1.29 is 13.6 Å². The molecule has 3 nitrogen and oxygen atoms in total. The van der Waals surface area contributed by atoms with Crippen molar-refractivity contribution in [3.8, 4) is 0 Å². The van der Waals surface area contributed by atoms with Crippen LogP contribution in [0.2, 0.25) is 0 Å². The van der Waals surface area contributed by atoms with E-state index in [-0.39, 0.29) is 5.69 Å². The zero-order valence-corrected chi connectivity index (χ0v) is 8.05. The maximum atomic E-state index is 13.0. The molecule has 1 aromatic carbocycles. The zero-order chi connectivity index (χ0) is 11.4. The van der Waals surface area contributed by atoms with Gasteiger partial charge in [0.05, 0.1) is 11.4 Å². The number of nitrogen functional groups attached to an aromatic ring is 1. The number of amides is 1. The van der Waals surface area contributed by atoms with E-state index in [1.165, 1.54) is 18.2 Å². The first-order valence-electron chi connectivity index (χ1n) is 4.23. The van der Waals surface area contributed by atoms with Gasteiger partial charge >= 0.3 is 0 Å². The molecule has 1 rings (SSSR count). The third-order valence-electron chi connectivity index (χ3n) is 1.71. The van der Waals surface area contributed by atoms with Gasteiger partial charge in [-0.3, -0.25) is 4.79 Å². The van der Waals surface area contributed by atoms with E-state index in [9.17, 15) is 13.6 Å². The number of anilines is 2. The molecule has 0 bridgehead atoms. The van der Waals surface area contributed by atoms with Gasteiger partial charge in [0.1, 0.15) is 0 Å². The number of rotatable bonds is 2. The van der Waals surface area contributed by atoms with E-state index in [4.69, 9.17) is 5.73 Å². The Kier molecular flexibility index (Phi) is 3.38. The highest BCUT2D eigenvalue weighted by atomic mass is 19.2. The van der Waals surface area contributed by atoms with Crippen LogP contribution in [0.4, 0.5) is 20.2 Å². The van der Waals surface area contributed by atoms with Crippen molar-refractivity contribution in [3.63, 3.8) is 0 Å². The van der Waals surface area contributed by atoms with E-state index in [2.05, 4.69) is 5.32 Å². The van der Waals surface area contributed by atoms with Crippen LogP contribution >= 0.6 is 0 Å². The summed E-state index contributed by atoms with van der Waals surface area (Å²) < 4.78 is 25.6. The molecule has 5 heteroatoms. The minimum absolute atomic E-state index is 0.0528. The number of halogens is 2. The zero-order valence-electron chi connectivity index (χ0n) is 8.05. The molecular formula is C10H10F2N2O. The van der Waals surface area contributed by atoms with Crippen molar-refractivity contribution >= 4 is 17.3 Å². The molecule has 80 valence electrons. The monoisotopic (exact) mass is 212 g/mol. The molecule has 0 spiro atoms. The lowest BCUT2D eigenvalue weighted by Gasteiger charge is -2.07. The summed E-state index contributed by atoms with van der Waals surface area (Å²) in [6.45, 7) is 1.66. The van der Waals surface area contributed by atoms with Gasteiger partial charge < -0.3 is 11.1 Å². The van der Waals surface area contributed by atoms with E-state index in [0.717, 1.165) is 6.07 Å². The van der Waals surface area contributed by atoms with Crippen LogP contribution in [0.1, 0.15) is 6.92 Å². The van der Waals surface area contributed by atoms with Gasteiger partial charge in [-0.15, -0.1) is 0 Å². The average Bonchev–Trinajstić information content (AvgIpc) is 2.20. The third-order valence-corrected chi connectivity index (χ3v) is 1.71. The van der Waals surface area contributed by atoms with Crippen molar-refractivity contribution in [1.29, 1.82) is 0 Å². The Morgan fingerprint density at radius 1 is 1.47 bits per heavy atom. The van der Waals surface area contributed by atoms with Crippen molar-refractivity contribution in [1.82, 2.24) is 0 Å². The van der Waals surface area contributed by atoms with E-state index in [1.807, 2.05) is 0 Å². The lowest BCUT2D eigenvalue weighted by atomic mass is 10.2. The Balaban J connectivity index is 2.97. The Bertz CT molecular complexity index is 416. The molecule has 3 N–H and O–H groups in total. The van der Waals surface area contributed by atoms with E-state index in [1.54, 1.807) is 6.92 Å². The number of carbonyl (C=O) groups is 1. The van der Waals surface area contributed by atoms with Crippen LogP contribution in [-0.4, -0.2) is 5.91 Å². The van der Waals surface area contributed by atoms with Crippen molar-refractivity contribution in [2.24, 2.45) is 0 Å². The molecule has 15 heavy (non-hydrogen) atoms. The van der Waals surface area contributed by atoms with Crippen LogP contribution in [0.5, 0.6) is 0 Å². The van der Waals surface area contributed by atoms with Crippen LogP contribution in [-0.2, 0) is 4.79 Å². The summed E-state index contributed by atoms with van der Waals surface area (Å²) in [5.74, 6) is -2.65. The first-order chi connectivity index (χ1) is 7.06. The largest absolute Gasteiger partial charge is 0.395 e. The fourth-order valence-corrected chi connectivity index (χ4v) is 1.00. The Hall–Kier alpha value is -1.91. The molecule has 0 aliphatic rings. The summed E-state index contributed by atoms with van der Waals surface area (Å²) >= 11 is 0. The van der Waals surface area contributed by atoms with E-state index >= 15 is 0 Å². The van der Waals surface area contributed by atoms with Gasteiger partial charge in [-0.1, -0.05) is 6.08 Å². The standard InChI is InChI=1S/C10H10F2N2O/c1-2-3-8(15)14-7-5-4-6(11)9(12)10(7)13/h2-5H,13H2,1H3,(H,14,15)/b3-2+. The van der Waals surface area contributed by atoms with Crippen molar-refractivity contribution in [3.05, 3.63) is 35.9 Å². The molecule has 0 atom stereocenters. The number of benzene rings is 1. The first-order valence-corrected chi connectivity index (χ1v) is 4.23. The van der Waals surface area contributed by atoms with Gasteiger partial charge in [0.15, 0.2) is 11.6 Å². The van der Waals surface area contributed by atoms with Crippen molar-refractivity contribution in [2.45, 2.75) is 6.92 Å². The van der Waals surface area contributed by atoms with Crippen LogP contribution in [0.3, 0.4) is 0 Å². The Morgan fingerprint density at radius 2 is 2.13 bits per heavy atom. The topological polar surface area (TPSA) is 55.1 Å². The van der Waals surface area contributed by atoms with E-state index in [0.29, 0.717) is 0 Å². The molecule has 1 aromatic rings. The summed E-state index contributed by atoms with van der Waals surface area (Å²) in [4.78, 5) is 11.1. The molecule has 0 radical (unpaired) electrons. The minimum atomic E-state index is -1.16. The molecule has 0 saturated heterocycles. The number of allylic oxidation sites excluding steroid dienone is 1. The SMILES string of the molecule is C/C=C/C(=O)Nc1ccc(F)c(F)c1N. The highest BCUT2D eigenvalue weighted by molar-refractivity contribution is 6.01. The second kappa shape index (κ2) is 4.54. The molecular weight excluding hydrogens is 202 g/mol. The highest BCUT2D eigenvalue weighted by Crippen LogP contribution is 2.23. The first kappa shape index (κ1) is 11.2. The molecule has 0 aromatic heterocycles. The molecule has 0 aliphatic carbocycles. The van der Waals surface area contributed by atoms with Gasteiger partial charge in [0, 0.05) is 0 Å². The summed E-state index contributed by atoms with van der Waals surface area (Å²) in [6, 6.07) is 2.10. The average molecular weight is 212 g/mol. The van der Waals surface area contributed by atoms with Gasteiger partial charge in [-0.2, -0.15) is 0 Å². The number of hydrogen-bond acceptors (Lipinski definition) is 2. The third kappa shape index (κ3) is 2.52. The predicted octanol–water partition coefficient (Wildman–Crippen LogP) is 2.06. The van der Waals surface area contributed by atoms with Crippen LogP contribution < -0.4 is 11.1 Å². The van der Waals surface area contributed by atoms with Gasteiger partial charge in [-0.25, -0.2) is 8.78 Å². The molecule has 1 amide bonds. The number of hydrogen-bond donors (Lipinski definition) is 2. The van der Waals surface area contributed by atoms with Crippen LogP contribution in [0, 0.1) is 11.6 Å². The van der Waals surface area contributed by atoms with Gasteiger partial charge in [0.2, 0.25) is 5.91 Å². The molecule has 0 heterocycles. The highest BCUT2D eigenvalue weighted by Gasteiger charge is 2.11. The van der Waals surface area contributed by atoms with Crippen LogP contribution in [0.25, 0.3) is 0 Å². The Labute approximate surface area is 85.6 Å². The Morgan fingerprint density at radius 3 is 2.73 bits per heavy atom. The summed E-state index contributed by atoms with van der Waals surface area (Å²) in [5.41, 5.74) is 4.92. The minimum Gasteiger partial charge on any atom is -0.395 e. The molecule has 0 fully saturated rings. The normalized spacial score (nSPS) is 10.6. The summed E-state index contributed by atoms with van der Waals surface area (Å²) in [7, 11) is 0. The predicted molar refractivity (Wildman–Crippen MR) is 54.2 cm³/mol. The molecule has 0 saturated carbocycles. The molecule has 0 aliphatic heterocycles. The second-order valence-corrected chi connectivity index (χ2v) is 2.81. The fourth-order valence-electron chi connectivity index (χ4n) is 1.00. The summed E-state index contributed by atoms with van der Waals surface area (Å²) in [6.07, 6.45) is 2.77. The number of nitrogens with one attached hydrogen (secondary N) is 1. The lowest BCUT2D eigenvalue weighted by molar-refractivity contribution is -0.111. The van der Waals surface area contributed by atoms with Gasteiger partial charge in [-0.05, 0) is 25.1 Å². The quantitative estimate of drug-likeness (QED) is 0.582. The second-order valence-electron chi connectivity index (χ2n) is 2.81.